The molecule has 170 valence electrons. The molecule has 0 heterocycles. The Morgan fingerprint density at radius 2 is 1.97 bits per heavy atom. The molecule has 0 radical (unpaired) electrons. The summed E-state index contributed by atoms with van der Waals surface area (Å²) in [5.74, 6) is -0.533. The van der Waals surface area contributed by atoms with Crippen molar-refractivity contribution in [3.63, 3.8) is 0 Å². The molecule has 32 heavy (non-hydrogen) atoms. The minimum atomic E-state index is -1.12. The van der Waals surface area contributed by atoms with E-state index in [2.05, 4.69) is 13.8 Å². The molecule has 5 aliphatic carbocycles. The van der Waals surface area contributed by atoms with Crippen molar-refractivity contribution >= 4 is 17.7 Å². The number of carbonyl (C=O) groups excluding carboxylic acids is 3. The molecule has 0 aromatic carbocycles. The molecule has 0 saturated heterocycles. The van der Waals surface area contributed by atoms with Gasteiger partial charge in [-0.15, -0.1) is 0 Å². The molecule has 0 amide bonds. The first kappa shape index (κ1) is 25.1. The molecular weight excluding hydrogens is 435 g/mol. The minimum Gasteiger partial charge on any atom is -0.550 e. The molecule has 0 aromatic rings. The Labute approximate surface area is 232 Å². The Bertz CT molecular complexity index is 884. The molecule has 0 bridgehead atoms. The largest absolute Gasteiger partial charge is 1.00 e. The number of ketones is 1. The molecule has 5 rings (SSSR count). The number of carbonyl (C=O) groups is 3. The van der Waals surface area contributed by atoms with Gasteiger partial charge >= 0.3 is 57.4 Å². The number of hydrogen-bond acceptors (Lipinski definition) is 6. The van der Waals surface area contributed by atoms with Crippen LogP contribution in [0.2, 0.25) is 0 Å². The van der Waals surface area contributed by atoms with Gasteiger partial charge in [0.1, 0.15) is 0 Å². The predicted octanol–water partition coefficient (Wildman–Crippen LogP) is -0.961. The van der Waals surface area contributed by atoms with Crippen molar-refractivity contribution in [3.05, 3.63) is 11.6 Å². The van der Waals surface area contributed by atoms with Crippen molar-refractivity contribution in [3.8, 4) is 0 Å². The summed E-state index contributed by atoms with van der Waals surface area (Å²) in [6.45, 7) is 4.39. The molecule has 0 aromatic heterocycles. The second-order valence-corrected chi connectivity index (χ2v) is 11.4. The zero-order valence-corrected chi connectivity index (χ0v) is 22.8. The van der Waals surface area contributed by atoms with Crippen LogP contribution < -0.4 is 56.5 Å². The van der Waals surface area contributed by atoms with Crippen LogP contribution in [0, 0.1) is 46.3 Å². The fourth-order valence-electron chi connectivity index (χ4n) is 8.83. The molecule has 7 heteroatoms. The SMILES string of the molecule is COC(=O)[C@@H]1CC2=CC(=O)CC[C@]2(C)C2CC[C@@]3(C)C(C21)[C@H]1C[C@H]1[C@@]3(O)CCC(=O)[O-].[K+]. The van der Waals surface area contributed by atoms with Crippen molar-refractivity contribution < 1.29 is 80.7 Å². The Hall–Kier alpha value is -0.0536. The quantitative estimate of drug-likeness (QED) is 0.421. The molecule has 5 aliphatic rings. The van der Waals surface area contributed by atoms with E-state index in [9.17, 15) is 24.6 Å². The van der Waals surface area contributed by atoms with E-state index in [0.717, 1.165) is 31.3 Å². The Morgan fingerprint density at radius 3 is 2.62 bits per heavy atom. The molecular formula is C25H33KO6. The van der Waals surface area contributed by atoms with Gasteiger partial charge in [-0.05, 0) is 86.0 Å². The van der Waals surface area contributed by atoms with E-state index in [-0.39, 0.29) is 111 Å². The average Bonchev–Trinajstić information content (AvgIpc) is 3.48. The second-order valence-electron chi connectivity index (χ2n) is 11.4. The number of carboxylic acids is 1. The van der Waals surface area contributed by atoms with Gasteiger partial charge in [-0.3, -0.25) is 9.59 Å². The number of allylic oxidation sites excluding steroid dienone is 1. The normalized spacial score (nSPS) is 48.2. The van der Waals surface area contributed by atoms with E-state index in [4.69, 9.17) is 4.74 Å². The fourth-order valence-corrected chi connectivity index (χ4v) is 8.83. The van der Waals surface area contributed by atoms with E-state index in [0.29, 0.717) is 18.8 Å². The van der Waals surface area contributed by atoms with Crippen LogP contribution in [-0.4, -0.2) is 35.5 Å². The second kappa shape index (κ2) is 8.27. The van der Waals surface area contributed by atoms with Crippen molar-refractivity contribution in [2.75, 3.05) is 7.11 Å². The summed E-state index contributed by atoms with van der Waals surface area (Å²) < 4.78 is 5.24. The summed E-state index contributed by atoms with van der Waals surface area (Å²) in [6, 6.07) is 0. The summed E-state index contributed by atoms with van der Waals surface area (Å²) >= 11 is 0. The van der Waals surface area contributed by atoms with Crippen LogP contribution in [0.25, 0.3) is 0 Å². The molecule has 4 fully saturated rings. The zero-order valence-electron chi connectivity index (χ0n) is 19.7. The summed E-state index contributed by atoms with van der Waals surface area (Å²) in [7, 11) is 1.43. The maximum Gasteiger partial charge on any atom is 1.00 e. The van der Waals surface area contributed by atoms with Gasteiger partial charge in [0.2, 0.25) is 0 Å². The van der Waals surface area contributed by atoms with Crippen molar-refractivity contribution in [2.45, 2.75) is 70.8 Å². The van der Waals surface area contributed by atoms with Crippen LogP contribution in [0.4, 0.5) is 0 Å². The van der Waals surface area contributed by atoms with Gasteiger partial charge in [-0.1, -0.05) is 19.4 Å². The molecule has 0 spiro atoms. The molecule has 1 N–H and O–H groups in total. The van der Waals surface area contributed by atoms with Crippen molar-refractivity contribution in [1.29, 1.82) is 0 Å². The van der Waals surface area contributed by atoms with Crippen LogP contribution in [0.3, 0.4) is 0 Å². The average molecular weight is 469 g/mol. The standard InChI is InChI=1S/C25H34O6.K/c1-23-7-4-14(26)10-13(23)11-16(22(29)31-3)20-17(23)5-8-24(2)21(20)15-12-18(15)25(24,30)9-6-19(27)28;/h10,15-18,20-21,30H,4-9,11-12H2,1-3H3,(H,27,28);/q;+1/p-1/t15-,16+,17?,18+,20?,21?,23-,24-,25-;/m0./s1. The molecule has 3 unspecified atom stereocenters. The number of carboxylic acid groups (broad SMARTS) is 1. The molecule has 9 atom stereocenters. The number of rotatable bonds is 4. The monoisotopic (exact) mass is 468 g/mol. The van der Waals surface area contributed by atoms with E-state index in [1.165, 1.54) is 7.11 Å². The third-order valence-electron chi connectivity index (χ3n) is 10.4. The third-order valence-corrected chi connectivity index (χ3v) is 10.4. The molecule has 4 saturated carbocycles. The fraction of sp³-hybridized carbons (Fsp3) is 0.800. The van der Waals surface area contributed by atoms with Crippen LogP contribution in [0.5, 0.6) is 0 Å². The first-order valence-electron chi connectivity index (χ1n) is 11.8. The number of fused-ring (bicyclic) bond motifs is 7. The summed E-state index contributed by atoms with van der Waals surface area (Å²) in [6.07, 6.45) is 6.39. The Kier molecular flexibility index (Phi) is 6.47. The minimum absolute atomic E-state index is 0. The molecule has 0 aliphatic heterocycles. The van der Waals surface area contributed by atoms with Crippen LogP contribution >= 0.6 is 0 Å². The summed E-state index contributed by atoms with van der Waals surface area (Å²) in [5, 5.41) is 23.0. The maximum atomic E-state index is 13.0. The van der Waals surface area contributed by atoms with Crippen LogP contribution in [-0.2, 0) is 19.1 Å². The zero-order chi connectivity index (χ0) is 22.3. The topological polar surface area (TPSA) is 104 Å². The first-order valence-corrected chi connectivity index (χ1v) is 11.8. The van der Waals surface area contributed by atoms with Crippen molar-refractivity contribution in [1.82, 2.24) is 0 Å². The van der Waals surface area contributed by atoms with Gasteiger partial charge in [0.05, 0.1) is 18.6 Å². The number of ether oxygens (including phenoxy) is 1. The number of methoxy groups -OCH3 is 1. The first-order chi connectivity index (χ1) is 14.6. The van der Waals surface area contributed by atoms with E-state index >= 15 is 0 Å². The van der Waals surface area contributed by atoms with Gasteiger partial charge in [-0.2, -0.15) is 0 Å². The summed E-state index contributed by atoms with van der Waals surface area (Å²) in [5.41, 5.74) is -0.429. The molecule has 6 nitrogen and oxygen atoms in total. The smallest absolute Gasteiger partial charge is 0.550 e. The number of aliphatic carboxylic acids is 1. The van der Waals surface area contributed by atoms with Gasteiger partial charge in [0.25, 0.3) is 0 Å². The number of hydrogen-bond donors (Lipinski definition) is 1. The Balaban J connectivity index is 0.00000245. The number of aliphatic hydroxyl groups is 1. The van der Waals surface area contributed by atoms with Crippen LogP contribution in [0.1, 0.15) is 65.2 Å². The number of esters is 1. The van der Waals surface area contributed by atoms with E-state index in [1.807, 2.05) is 0 Å². The van der Waals surface area contributed by atoms with E-state index in [1.54, 1.807) is 6.08 Å². The van der Waals surface area contributed by atoms with Gasteiger partial charge in [-0.25, -0.2) is 0 Å². The Morgan fingerprint density at radius 1 is 1.25 bits per heavy atom. The maximum absolute atomic E-state index is 13.0. The van der Waals surface area contributed by atoms with Gasteiger partial charge < -0.3 is 19.7 Å². The van der Waals surface area contributed by atoms with E-state index < -0.39 is 17.0 Å². The van der Waals surface area contributed by atoms with Gasteiger partial charge in [0.15, 0.2) is 5.78 Å². The predicted molar refractivity (Wildman–Crippen MR) is 109 cm³/mol. The summed E-state index contributed by atoms with van der Waals surface area (Å²) in [4.78, 5) is 36.4. The van der Waals surface area contributed by atoms with Crippen LogP contribution in [0.15, 0.2) is 11.6 Å². The third kappa shape index (κ3) is 3.32. The van der Waals surface area contributed by atoms with Gasteiger partial charge in [0, 0.05) is 17.8 Å². The van der Waals surface area contributed by atoms with Crippen molar-refractivity contribution in [2.24, 2.45) is 46.3 Å².